The summed E-state index contributed by atoms with van der Waals surface area (Å²) < 4.78 is 34.4. The molecule has 5 N–H and O–H groups in total. The fourth-order valence-corrected chi connectivity index (χ4v) is 8.16. The molecule has 4 aliphatic rings. The molecule has 0 radical (unpaired) electrons. The molecule has 6 rings (SSSR count). The van der Waals surface area contributed by atoms with Crippen LogP contribution < -0.4 is 21.3 Å². The number of aliphatic hydroxyl groups excluding tert-OH is 1. The highest BCUT2D eigenvalue weighted by Gasteiger charge is 2.49. The number of carbonyl (C=O) groups excluding carboxylic acids is 7. The van der Waals surface area contributed by atoms with Gasteiger partial charge in [0.2, 0.25) is 29.5 Å². The zero-order valence-electron chi connectivity index (χ0n) is 32.4. The minimum Gasteiger partial charge on any atom is -0.458 e. The quantitative estimate of drug-likeness (QED) is 0.256. The third-order valence-electron chi connectivity index (χ3n) is 11.0. The Morgan fingerprint density at radius 3 is 2.36 bits per heavy atom. The van der Waals surface area contributed by atoms with Crippen LogP contribution in [0.4, 0.5) is 19.3 Å². The zero-order valence-corrected chi connectivity index (χ0v) is 32.4. The lowest BCUT2D eigenvalue weighted by Gasteiger charge is -2.39. The lowest BCUT2D eigenvalue weighted by molar-refractivity contribution is -0.163. The first-order valence-electron chi connectivity index (χ1n) is 19.4. The summed E-state index contributed by atoms with van der Waals surface area (Å²) in [6.45, 7) is 4.66. The fourth-order valence-electron chi connectivity index (χ4n) is 8.16. The summed E-state index contributed by atoms with van der Waals surface area (Å²) in [6, 6.07) is -3.03. The topological polar surface area (TPSA) is 220 Å². The molecule has 0 aliphatic carbocycles. The van der Waals surface area contributed by atoms with E-state index in [9.17, 15) is 47.4 Å². The molecule has 0 saturated carbocycles. The van der Waals surface area contributed by atoms with E-state index in [1.54, 1.807) is 6.07 Å². The molecule has 4 aliphatic heterocycles. The maximum atomic E-state index is 14.7. The number of pyridine rings is 1. The molecule has 4 fully saturated rings. The third kappa shape index (κ3) is 9.52. The number of carbonyl (C=O) groups is 7. The molecule has 7 amide bonds. The number of benzene rings is 1. The first-order chi connectivity index (χ1) is 27.6. The lowest BCUT2D eigenvalue weighted by Crippen LogP contribution is -2.63. The maximum Gasteiger partial charge on any atom is 0.329 e. The van der Waals surface area contributed by atoms with Gasteiger partial charge in [-0.3, -0.25) is 29.0 Å². The number of halogens is 2. The number of amides is 7. The highest BCUT2D eigenvalue weighted by Crippen LogP contribution is 2.29. The Morgan fingerprint density at radius 1 is 0.931 bits per heavy atom. The molecule has 1 aromatic carbocycles. The minimum atomic E-state index is -1.75. The van der Waals surface area contributed by atoms with Crippen LogP contribution in [0.1, 0.15) is 58.4 Å². The number of aromatic nitrogens is 1. The second-order valence-corrected chi connectivity index (χ2v) is 15.5. The highest BCUT2D eigenvalue weighted by atomic mass is 19.1. The molecule has 17 nitrogen and oxygen atoms in total. The van der Waals surface area contributed by atoms with E-state index in [0.29, 0.717) is 18.9 Å². The molecule has 1 aromatic heterocycles. The zero-order chi connectivity index (χ0) is 41.8. The second kappa shape index (κ2) is 17.8. The second-order valence-electron chi connectivity index (χ2n) is 15.5. The molecule has 0 spiro atoms. The largest absolute Gasteiger partial charge is 0.458 e. The number of ether oxygens (including phenoxy) is 1. The highest BCUT2D eigenvalue weighted by molar-refractivity contribution is 5.99. The number of nitrogens with one attached hydrogen (secondary N) is 4. The van der Waals surface area contributed by atoms with Crippen molar-refractivity contribution in [2.75, 3.05) is 25.0 Å². The van der Waals surface area contributed by atoms with Crippen molar-refractivity contribution in [3.63, 3.8) is 0 Å². The number of piperidine rings is 1. The molecule has 0 unspecified atom stereocenters. The van der Waals surface area contributed by atoms with Gasteiger partial charge in [0.05, 0.1) is 18.0 Å². The standard InChI is InChI=1S/C39H48F2N8O9/c1-20-11-31-38(56)58-22(3)32(46-33(51)28(14-23-12-24(40)15-25(41)13-23)45-39(57)44-26-7-6-9-42-17-26)37(55)49-19-27(50)16-30(49)36(54)47-10-5-4-8-29(47)34(52)43-21(2)35(53)48(31)18-20/h6-7,9,12-13,15,17,20-22,27-32,50H,4-5,8,10-11,14,16,18-19H2,1-3H3,(H,43,52)(H,46,51)(H2,44,45,57)/t20-,21+,22+,27-,28+,29+,30+,31+,32+/m1/s1. The molecule has 2 aromatic rings. The molecule has 5 heterocycles. The van der Waals surface area contributed by atoms with Crippen molar-refractivity contribution in [2.24, 2.45) is 5.92 Å². The predicted molar refractivity (Wildman–Crippen MR) is 200 cm³/mol. The smallest absolute Gasteiger partial charge is 0.329 e. The van der Waals surface area contributed by atoms with E-state index in [0.717, 1.165) is 17.0 Å². The number of fused-ring (bicyclic) bond motifs is 3. The maximum absolute atomic E-state index is 14.7. The fraction of sp³-hybridized carbons (Fsp3) is 0.538. The Kier molecular flexibility index (Phi) is 12.9. The molecule has 0 bridgehead atoms. The average molecular weight is 811 g/mol. The van der Waals surface area contributed by atoms with Gasteiger partial charge in [0.25, 0.3) is 0 Å². The third-order valence-corrected chi connectivity index (χ3v) is 11.0. The van der Waals surface area contributed by atoms with Crippen LogP contribution in [0.3, 0.4) is 0 Å². The number of esters is 1. The lowest BCUT2D eigenvalue weighted by atomic mass is 9.98. The van der Waals surface area contributed by atoms with E-state index in [4.69, 9.17) is 4.74 Å². The van der Waals surface area contributed by atoms with Gasteiger partial charge in [-0.05, 0) is 75.3 Å². The number of hydrogen-bond acceptors (Lipinski definition) is 10. The van der Waals surface area contributed by atoms with Gasteiger partial charge in [-0.1, -0.05) is 6.92 Å². The summed E-state index contributed by atoms with van der Waals surface area (Å²) in [7, 11) is 0. The number of anilines is 1. The van der Waals surface area contributed by atoms with Crippen molar-refractivity contribution in [3.05, 3.63) is 59.9 Å². The summed E-state index contributed by atoms with van der Waals surface area (Å²) in [5.74, 6) is -6.63. The van der Waals surface area contributed by atoms with Crippen LogP contribution in [0.15, 0.2) is 42.7 Å². The molecule has 4 saturated heterocycles. The Labute approximate surface area is 333 Å². The number of urea groups is 1. The Hall–Kier alpha value is -5.72. The van der Waals surface area contributed by atoms with Gasteiger partial charge >= 0.3 is 12.0 Å². The first-order valence-corrected chi connectivity index (χ1v) is 19.4. The minimum absolute atomic E-state index is 0.0223. The van der Waals surface area contributed by atoms with E-state index >= 15 is 0 Å². The van der Waals surface area contributed by atoms with E-state index in [1.807, 2.05) is 6.92 Å². The van der Waals surface area contributed by atoms with E-state index in [1.165, 1.54) is 42.1 Å². The van der Waals surface area contributed by atoms with Crippen LogP contribution in [-0.2, 0) is 39.9 Å². The van der Waals surface area contributed by atoms with Gasteiger partial charge in [-0.15, -0.1) is 0 Å². The number of cyclic esters (lactones) is 1. The Morgan fingerprint density at radius 2 is 1.66 bits per heavy atom. The Bertz CT molecular complexity index is 1900. The van der Waals surface area contributed by atoms with Crippen LogP contribution in [0, 0.1) is 17.6 Å². The molecule has 58 heavy (non-hydrogen) atoms. The van der Waals surface area contributed by atoms with Crippen LogP contribution in [-0.4, -0.2) is 134 Å². The number of aliphatic hydroxyl groups is 1. The molecule has 312 valence electrons. The van der Waals surface area contributed by atoms with Crippen LogP contribution in [0.5, 0.6) is 0 Å². The summed E-state index contributed by atoms with van der Waals surface area (Å²) in [5.41, 5.74) is 0.231. The summed E-state index contributed by atoms with van der Waals surface area (Å²) >= 11 is 0. The summed E-state index contributed by atoms with van der Waals surface area (Å²) in [4.78, 5) is 105. The number of nitrogens with zero attached hydrogens (tertiary/aromatic N) is 4. The Balaban J connectivity index is 1.36. The normalized spacial score (nSPS) is 28.8. The van der Waals surface area contributed by atoms with E-state index in [-0.39, 0.29) is 56.1 Å². The first kappa shape index (κ1) is 41.9. The average Bonchev–Trinajstić information content (AvgIpc) is 3.77. The van der Waals surface area contributed by atoms with Crippen molar-refractivity contribution < 1.29 is 52.2 Å². The molecule has 9 atom stereocenters. The van der Waals surface area contributed by atoms with Gasteiger partial charge in [0.15, 0.2) is 0 Å². The summed E-state index contributed by atoms with van der Waals surface area (Å²) in [6.07, 6.45) is 1.17. The van der Waals surface area contributed by atoms with E-state index < -0.39 is 108 Å². The van der Waals surface area contributed by atoms with Gasteiger partial charge in [-0.2, -0.15) is 0 Å². The van der Waals surface area contributed by atoms with Crippen LogP contribution in [0.25, 0.3) is 0 Å². The number of hydrogen-bond donors (Lipinski definition) is 5. The van der Waals surface area contributed by atoms with Crippen molar-refractivity contribution in [1.82, 2.24) is 35.6 Å². The predicted octanol–water partition coefficient (Wildman–Crippen LogP) is 0.607. The molecular formula is C39H48F2N8O9. The van der Waals surface area contributed by atoms with E-state index in [2.05, 4.69) is 26.3 Å². The van der Waals surface area contributed by atoms with Crippen molar-refractivity contribution in [3.8, 4) is 0 Å². The molecular weight excluding hydrogens is 762 g/mol. The monoisotopic (exact) mass is 810 g/mol. The van der Waals surface area contributed by atoms with Crippen molar-refractivity contribution in [2.45, 2.75) is 108 Å². The van der Waals surface area contributed by atoms with Gasteiger partial charge < -0.3 is 45.8 Å². The molecule has 19 heteroatoms. The summed E-state index contributed by atoms with van der Waals surface area (Å²) in [5, 5.41) is 21.1. The van der Waals surface area contributed by atoms with Gasteiger partial charge in [0, 0.05) is 44.7 Å². The van der Waals surface area contributed by atoms with Crippen molar-refractivity contribution in [1.29, 1.82) is 0 Å². The van der Waals surface area contributed by atoms with Crippen LogP contribution >= 0.6 is 0 Å². The van der Waals surface area contributed by atoms with Gasteiger partial charge in [0.1, 0.15) is 54.0 Å². The van der Waals surface area contributed by atoms with Crippen molar-refractivity contribution >= 4 is 47.2 Å². The SMILES string of the molecule is C[C@@H]1C[C@H]2C(=O)O[C@@H](C)[C@H](NC(=O)[C@H](Cc3cc(F)cc(F)c3)NC(=O)Nc3cccnc3)C(=O)N3C[C@H](O)C[C@H]3C(=O)N3CCCC[C@H]3C(=O)N[C@@H](C)C(=O)N2C1. The number of rotatable bonds is 6. The van der Waals surface area contributed by atoms with Crippen LogP contribution in [0.2, 0.25) is 0 Å². The van der Waals surface area contributed by atoms with Gasteiger partial charge in [-0.25, -0.2) is 18.4 Å².